The number of hydrogen-bond donors (Lipinski definition) is 3. The highest BCUT2D eigenvalue weighted by Crippen LogP contribution is 2.45. The number of ether oxygens (including phenoxy) is 2. The molecule has 1 fully saturated rings. The Hall–Kier alpha value is -2.26. The average molecular weight is 468 g/mol. The zero-order chi connectivity index (χ0) is 22.5. The fourth-order valence-corrected chi connectivity index (χ4v) is 4.43. The summed E-state index contributed by atoms with van der Waals surface area (Å²) in [4.78, 5) is 15.8. The van der Waals surface area contributed by atoms with Crippen LogP contribution in [0.2, 0.25) is 10.0 Å². The molecule has 1 aromatic heterocycles. The normalized spacial score (nSPS) is 14.5. The molecule has 0 radical (unpaired) electrons. The van der Waals surface area contributed by atoms with Gasteiger partial charge in [0.25, 0.3) is 5.56 Å². The molecule has 10 heteroatoms. The first-order chi connectivity index (χ1) is 14.9. The molecule has 1 aliphatic rings. The quantitative estimate of drug-likeness (QED) is 0.515. The summed E-state index contributed by atoms with van der Waals surface area (Å²) in [6, 6.07) is 3.10. The number of nitrogens with zero attached hydrogens (tertiary/aromatic N) is 2. The van der Waals surface area contributed by atoms with E-state index in [2.05, 4.69) is 10.2 Å². The Balaban J connectivity index is 2.05. The molecule has 0 spiro atoms. The molecule has 1 aromatic carbocycles. The smallest absolute Gasteiger partial charge is 0.260 e. The number of anilines is 1. The molecule has 3 rings (SSSR count). The van der Waals surface area contributed by atoms with Gasteiger partial charge in [0.15, 0.2) is 0 Å². The fourth-order valence-electron chi connectivity index (χ4n) is 3.73. The van der Waals surface area contributed by atoms with E-state index in [0.29, 0.717) is 29.2 Å². The van der Waals surface area contributed by atoms with Gasteiger partial charge in [-0.3, -0.25) is 9.36 Å². The fraction of sp³-hybridized carbons (Fsp3) is 0.429. The van der Waals surface area contributed by atoms with E-state index in [4.69, 9.17) is 43.8 Å². The SMILES string of the molecule is COc1cc(OC)c(Cl)c(-c2cc(C=N)c(N)n(CCCN3CCNCC3)c2=O)c1Cl. The van der Waals surface area contributed by atoms with Crippen LogP contribution in [0.15, 0.2) is 16.9 Å². The molecular weight excluding hydrogens is 441 g/mol. The number of rotatable bonds is 8. The maximum Gasteiger partial charge on any atom is 0.260 e. The number of nitrogens with one attached hydrogen (secondary N) is 2. The minimum absolute atomic E-state index is 0.193. The molecule has 0 unspecified atom stereocenters. The Bertz CT molecular complexity index is 991. The van der Waals surface area contributed by atoms with Gasteiger partial charge in [-0.25, -0.2) is 0 Å². The highest BCUT2D eigenvalue weighted by molar-refractivity contribution is 6.41. The van der Waals surface area contributed by atoms with Crippen LogP contribution in [0.4, 0.5) is 5.82 Å². The third-order valence-electron chi connectivity index (χ3n) is 5.43. The molecular formula is C21H27Cl2N5O3. The predicted octanol–water partition coefficient (Wildman–Crippen LogP) is 2.71. The minimum atomic E-state index is -0.331. The lowest BCUT2D eigenvalue weighted by atomic mass is 10.0. The van der Waals surface area contributed by atoms with Crippen LogP contribution in [0.1, 0.15) is 12.0 Å². The van der Waals surface area contributed by atoms with Gasteiger partial charge < -0.3 is 30.8 Å². The zero-order valence-electron chi connectivity index (χ0n) is 17.6. The van der Waals surface area contributed by atoms with Crippen LogP contribution in [0, 0.1) is 5.41 Å². The Morgan fingerprint density at radius 3 is 2.29 bits per heavy atom. The van der Waals surface area contributed by atoms with Gasteiger partial charge in [-0.15, -0.1) is 0 Å². The number of piperazine rings is 1. The number of halogens is 2. The van der Waals surface area contributed by atoms with E-state index in [1.165, 1.54) is 24.9 Å². The molecule has 0 atom stereocenters. The molecule has 8 nitrogen and oxygen atoms in total. The van der Waals surface area contributed by atoms with Crippen molar-refractivity contribution in [3.8, 4) is 22.6 Å². The van der Waals surface area contributed by atoms with Crippen molar-refractivity contribution >= 4 is 35.2 Å². The van der Waals surface area contributed by atoms with Crippen LogP contribution in [0.5, 0.6) is 11.5 Å². The molecule has 1 saturated heterocycles. The van der Waals surface area contributed by atoms with Crippen LogP contribution >= 0.6 is 23.2 Å². The summed E-state index contributed by atoms with van der Waals surface area (Å²) in [6.07, 6.45) is 1.86. The molecule has 168 valence electrons. The van der Waals surface area contributed by atoms with E-state index in [9.17, 15) is 4.79 Å². The number of methoxy groups -OCH3 is 2. The Kier molecular flexibility index (Phi) is 7.83. The van der Waals surface area contributed by atoms with Crippen molar-refractivity contribution < 1.29 is 9.47 Å². The second kappa shape index (κ2) is 10.4. The molecule has 31 heavy (non-hydrogen) atoms. The summed E-state index contributed by atoms with van der Waals surface area (Å²) in [5, 5.41) is 11.5. The summed E-state index contributed by atoms with van der Waals surface area (Å²) in [7, 11) is 2.94. The first-order valence-corrected chi connectivity index (χ1v) is 10.8. The molecule has 0 amide bonds. The van der Waals surface area contributed by atoms with E-state index in [-0.39, 0.29) is 27.0 Å². The topological polar surface area (TPSA) is 106 Å². The number of aromatic nitrogens is 1. The van der Waals surface area contributed by atoms with Gasteiger partial charge in [0.05, 0.1) is 29.8 Å². The average Bonchev–Trinajstić information content (AvgIpc) is 2.78. The maximum atomic E-state index is 13.4. The van der Waals surface area contributed by atoms with E-state index in [0.717, 1.165) is 45.4 Å². The first kappa shape index (κ1) is 23.4. The highest BCUT2D eigenvalue weighted by atomic mass is 35.5. The second-order valence-electron chi connectivity index (χ2n) is 7.23. The van der Waals surface area contributed by atoms with Gasteiger partial charge in [-0.1, -0.05) is 23.2 Å². The van der Waals surface area contributed by atoms with Gasteiger partial charge in [0, 0.05) is 56.1 Å². The molecule has 1 aliphatic heterocycles. The van der Waals surface area contributed by atoms with Crippen LogP contribution in [0.3, 0.4) is 0 Å². The Labute approximate surface area is 191 Å². The van der Waals surface area contributed by atoms with E-state index in [1.807, 2.05) is 0 Å². The summed E-state index contributed by atoms with van der Waals surface area (Å²) in [6.45, 7) is 5.15. The van der Waals surface area contributed by atoms with Crippen LogP contribution in [0.25, 0.3) is 11.1 Å². The van der Waals surface area contributed by atoms with Crippen LogP contribution < -0.4 is 26.1 Å². The van der Waals surface area contributed by atoms with E-state index < -0.39 is 0 Å². The lowest BCUT2D eigenvalue weighted by Crippen LogP contribution is -2.44. The van der Waals surface area contributed by atoms with Crippen LogP contribution in [-0.2, 0) is 6.54 Å². The Morgan fingerprint density at radius 2 is 1.74 bits per heavy atom. The largest absolute Gasteiger partial charge is 0.495 e. The van der Waals surface area contributed by atoms with Gasteiger partial charge in [-0.05, 0) is 19.0 Å². The van der Waals surface area contributed by atoms with Gasteiger partial charge in [-0.2, -0.15) is 0 Å². The molecule has 4 N–H and O–H groups in total. The van der Waals surface area contributed by atoms with Crippen molar-refractivity contribution in [3.05, 3.63) is 38.1 Å². The first-order valence-electron chi connectivity index (χ1n) is 10.00. The number of benzene rings is 1. The number of nitrogens with two attached hydrogens (primary N) is 1. The monoisotopic (exact) mass is 467 g/mol. The molecule has 0 bridgehead atoms. The number of pyridine rings is 1. The highest BCUT2D eigenvalue weighted by Gasteiger charge is 2.23. The van der Waals surface area contributed by atoms with Crippen molar-refractivity contribution in [1.29, 1.82) is 5.41 Å². The Morgan fingerprint density at radius 1 is 1.13 bits per heavy atom. The van der Waals surface area contributed by atoms with E-state index >= 15 is 0 Å². The second-order valence-corrected chi connectivity index (χ2v) is 7.98. The summed E-state index contributed by atoms with van der Waals surface area (Å²) in [5.74, 6) is 0.901. The lowest BCUT2D eigenvalue weighted by Gasteiger charge is -2.27. The molecule has 2 aromatic rings. The number of hydrogen-bond acceptors (Lipinski definition) is 7. The standard InChI is InChI=1S/C21H27Cl2N5O3/c1-30-15-11-16(31-2)19(23)17(18(15)22)14-10-13(12-24)20(25)28(21(14)29)7-3-6-27-8-4-26-5-9-27/h10-12,24,26H,3-9,25H2,1-2H3. The van der Waals surface area contributed by atoms with Crippen molar-refractivity contribution in [2.45, 2.75) is 13.0 Å². The third kappa shape index (κ3) is 4.82. The summed E-state index contributed by atoms with van der Waals surface area (Å²) >= 11 is 13.1. The van der Waals surface area contributed by atoms with Crippen molar-refractivity contribution in [2.75, 3.05) is 52.7 Å². The van der Waals surface area contributed by atoms with E-state index in [1.54, 1.807) is 6.07 Å². The lowest BCUT2D eigenvalue weighted by molar-refractivity contribution is 0.234. The summed E-state index contributed by atoms with van der Waals surface area (Å²) < 4.78 is 12.1. The van der Waals surface area contributed by atoms with Crippen molar-refractivity contribution in [3.63, 3.8) is 0 Å². The number of nitrogen functional groups attached to an aromatic ring is 1. The molecule has 2 heterocycles. The van der Waals surface area contributed by atoms with Gasteiger partial charge in [0.1, 0.15) is 17.3 Å². The summed E-state index contributed by atoms with van der Waals surface area (Å²) in [5.41, 5.74) is 6.83. The van der Waals surface area contributed by atoms with Crippen molar-refractivity contribution in [1.82, 2.24) is 14.8 Å². The van der Waals surface area contributed by atoms with Crippen molar-refractivity contribution in [2.24, 2.45) is 0 Å². The predicted molar refractivity (Wildman–Crippen MR) is 125 cm³/mol. The maximum absolute atomic E-state index is 13.4. The van der Waals surface area contributed by atoms with Gasteiger partial charge >= 0.3 is 0 Å². The van der Waals surface area contributed by atoms with Crippen LogP contribution in [-0.4, -0.2) is 62.6 Å². The molecule has 0 aliphatic carbocycles. The minimum Gasteiger partial charge on any atom is -0.495 e. The molecule has 0 saturated carbocycles. The van der Waals surface area contributed by atoms with Gasteiger partial charge in [0.2, 0.25) is 0 Å². The zero-order valence-corrected chi connectivity index (χ0v) is 19.1. The third-order valence-corrected chi connectivity index (χ3v) is 6.18.